The zero-order valence-corrected chi connectivity index (χ0v) is 31.5. The first-order valence-corrected chi connectivity index (χ1v) is 21.1. The second-order valence-electron chi connectivity index (χ2n) is 14.4. The van der Waals surface area contributed by atoms with Crippen LogP contribution in [-0.2, 0) is 19.4 Å². The normalized spacial score (nSPS) is 11.3. The van der Waals surface area contributed by atoms with Gasteiger partial charge in [0.1, 0.15) is 0 Å². The maximum atomic E-state index is 11.9. The lowest BCUT2D eigenvalue weighted by Gasteiger charge is -2.05. The van der Waals surface area contributed by atoms with E-state index in [1.165, 1.54) is 205 Å². The molecule has 274 valence electrons. The van der Waals surface area contributed by atoms with Crippen LogP contribution in [0.5, 0.6) is 0 Å². The summed E-state index contributed by atoms with van der Waals surface area (Å²) in [5, 5.41) is 0. The quantitative estimate of drug-likeness (QED) is 0.0379. The van der Waals surface area contributed by atoms with E-state index in [0.717, 1.165) is 25.7 Å². The standard InChI is InChI=1S/C42H82O4/c1-3-5-7-9-11-13-15-17-19-21-22-24-26-28-30-32-34-36-38-40-42(44)46-45-41(43)39-37-35-33-31-29-27-25-23-20-18-16-14-12-10-8-6-4-2/h3-40H2,1-2H3. The fourth-order valence-electron chi connectivity index (χ4n) is 6.52. The molecule has 46 heavy (non-hydrogen) atoms. The minimum absolute atomic E-state index is 0.338. The van der Waals surface area contributed by atoms with Crippen LogP contribution < -0.4 is 0 Å². The lowest BCUT2D eigenvalue weighted by atomic mass is 10.0. The molecule has 0 aromatic heterocycles. The van der Waals surface area contributed by atoms with Gasteiger partial charge < -0.3 is 0 Å². The molecule has 0 aromatic carbocycles. The number of unbranched alkanes of at least 4 members (excludes halogenated alkanes) is 34. The molecule has 0 atom stereocenters. The molecule has 0 saturated heterocycles. The van der Waals surface area contributed by atoms with Crippen molar-refractivity contribution < 1.29 is 19.4 Å². The van der Waals surface area contributed by atoms with Gasteiger partial charge in [-0.25, -0.2) is 19.4 Å². The molecule has 0 aromatic rings. The molecule has 0 amide bonds. The average molecular weight is 651 g/mol. The summed E-state index contributed by atoms with van der Waals surface area (Å²) in [7, 11) is 0. The highest BCUT2D eigenvalue weighted by atomic mass is 17.2. The lowest BCUT2D eigenvalue weighted by molar-refractivity contribution is -0.259. The minimum atomic E-state index is -0.414. The summed E-state index contributed by atoms with van der Waals surface area (Å²) >= 11 is 0. The Morgan fingerprint density at radius 3 is 0.587 bits per heavy atom. The smallest absolute Gasteiger partial charge is 0.247 e. The van der Waals surface area contributed by atoms with Crippen molar-refractivity contribution in [1.82, 2.24) is 0 Å². The van der Waals surface area contributed by atoms with E-state index < -0.39 is 11.9 Å². The van der Waals surface area contributed by atoms with E-state index in [1.807, 2.05) is 0 Å². The van der Waals surface area contributed by atoms with Crippen LogP contribution in [0.1, 0.15) is 258 Å². The van der Waals surface area contributed by atoms with Gasteiger partial charge in [-0.1, -0.05) is 232 Å². The molecule has 4 nitrogen and oxygen atoms in total. The molecule has 4 heteroatoms. The molecular weight excluding hydrogens is 568 g/mol. The van der Waals surface area contributed by atoms with Gasteiger partial charge in [0.2, 0.25) is 0 Å². The van der Waals surface area contributed by atoms with Crippen molar-refractivity contribution in [2.75, 3.05) is 0 Å². The third kappa shape index (κ3) is 39.1. The zero-order valence-electron chi connectivity index (χ0n) is 31.5. The molecule has 0 fully saturated rings. The molecule has 0 radical (unpaired) electrons. The molecule has 0 spiro atoms. The Bertz CT molecular complexity index is 604. The molecule has 0 unspecified atom stereocenters. The summed E-state index contributed by atoms with van der Waals surface area (Å²) in [4.78, 5) is 33.2. The first-order chi connectivity index (χ1) is 22.7. The maximum Gasteiger partial charge on any atom is 0.355 e. The van der Waals surface area contributed by atoms with E-state index in [9.17, 15) is 9.59 Å². The Morgan fingerprint density at radius 1 is 0.261 bits per heavy atom. The summed E-state index contributed by atoms with van der Waals surface area (Å²) in [5.74, 6) is -0.829. The highest BCUT2D eigenvalue weighted by molar-refractivity contribution is 5.72. The highest BCUT2D eigenvalue weighted by Gasteiger charge is 2.09. The Morgan fingerprint density at radius 2 is 0.413 bits per heavy atom. The van der Waals surface area contributed by atoms with Crippen LogP contribution >= 0.6 is 0 Å². The maximum absolute atomic E-state index is 11.9. The average Bonchev–Trinajstić information content (AvgIpc) is 3.06. The van der Waals surface area contributed by atoms with Crippen LogP contribution in [0.15, 0.2) is 0 Å². The zero-order chi connectivity index (χ0) is 33.4. The van der Waals surface area contributed by atoms with Crippen molar-refractivity contribution in [1.29, 1.82) is 0 Å². The monoisotopic (exact) mass is 651 g/mol. The van der Waals surface area contributed by atoms with Crippen molar-refractivity contribution >= 4 is 11.9 Å². The Kier molecular flexibility index (Phi) is 39.2. The summed E-state index contributed by atoms with van der Waals surface area (Å²) in [5.41, 5.74) is 0. The van der Waals surface area contributed by atoms with Crippen LogP contribution in [-0.4, -0.2) is 11.9 Å². The molecule has 0 aliphatic rings. The van der Waals surface area contributed by atoms with Gasteiger partial charge >= 0.3 is 11.9 Å². The largest absolute Gasteiger partial charge is 0.355 e. The number of rotatable bonds is 38. The summed E-state index contributed by atoms with van der Waals surface area (Å²) in [6, 6.07) is 0. The SMILES string of the molecule is CCCCCCCCCCCCCCCCCCCCCC(=O)OOC(=O)CCCCCCCCCCCCCCCCCCC. The van der Waals surface area contributed by atoms with Gasteiger partial charge in [-0.05, 0) is 12.8 Å². The fraction of sp³-hybridized carbons (Fsp3) is 0.952. The molecule has 0 saturated carbocycles. The summed E-state index contributed by atoms with van der Waals surface area (Å²) < 4.78 is 0. The summed E-state index contributed by atoms with van der Waals surface area (Å²) in [6.07, 6.45) is 48.4. The van der Waals surface area contributed by atoms with Gasteiger partial charge in [0, 0.05) is 0 Å². The Hall–Kier alpha value is -1.06. The number of carbonyl (C=O) groups is 2. The predicted molar refractivity (Wildman–Crippen MR) is 199 cm³/mol. The topological polar surface area (TPSA) is 52.6 Å². The third-order valence-electron chi connectivity index (χ3n) is 9.70. The van der Waals surface area contributed by atoms with Gasteiger partial charge in [-0.3, -0.25) is 0 Å². The second kappa shape index (κ2) is 40.1. The first-order valence-electron chi connectivity index (χ1n) is 21.1. The molecular formula is C42H82O4. The van der Waals surface area contributed by atoms with Gasteiger partial charge in [-0.2, -0.15) is 0 Å². The van der Waals surface area contributed by atoms with Crippen molar-refractivity contribution in [2.45, 2.75) is 258 Å². The van der Waals surface area contributed by atoms with Gasteiger partial charge in [0.05, 0.1) is 12.8 Å². The molecule has 0 rings (SSSR count). The summed E-state index contributed by atoms with van der Waals surface area (Å²) in [6.45, 7) is 4.57. The minimum Gasteiger partial charge on any atom is -0.247 e. The number of hydrogen-bond acceptors (Lipinski definition) is 4. The molecule has 0 N–H and O–H groups in total. The van der Waals surface area contributed by atoms with Crippen molar-refractivity contribution in [3.8, 4) is 0 Å². The van der Waals surface area contributed by atoms with Crippen LogP contribution in [0.3, 0.4) is 0 Å². The molecule has 0 aliphatic heterocycles. The Balaban J connectivity index is 3.25. The van der Waals surface area contributed by atoms with Crippen LogP contribution in [0, 0.1) is 0 Å². The lowest BCUT2D eigenvalue weighted by Crippen LogP contribution is -2.11. The van der Waals surface area contributed by atoms with E-state index >= 15 is 0 Å². The van der Waals surface area contributed by atoms with Gasteiger partial charge in [0.15, 0.2) is 0 Å². The van der Waals surface area contributed by atoms with E-state index in [1.54, 1.807) is 0 Å². The number of hydrogen-bond donors (Lipinski definition) is 0. The van der Waals surface area contributed by atoms with Crippen LogP contribution in [0.2, 0.25) is 0 Å². The highest BCUT2D eigenvalue weighted by Crippen LogP contribution is 2.16. The number of carbonyl (C=O) groups excluding carboxylic acids is 2. The van der Waals surface area contributed by atoms with E-state index in [0.29, 0.717) is 12.8 Å². The van der Waals surface area contributed by atoms with Gasteiger partial charge in [-0.15, -0.1) is 0 Å². The van der Waals surface area contributed by atoms with Crippen LogP contribution in [0.4, 0.5) is 0 Å². The van der Waals surface area contributed by atoms with Crippen LogP contribution in [0.25, 0.3) is 0 Å². The second-order valence-corrected chi connectivity index (χ2v) is 14.4. The van der Waals surface area contributed by atoms with Gasteiger partial charge in [0.25, 0.3) is 0 Å². The third-order valence-corrected chi connectivity index (χ3v) is 9.70. The van der Waals surface area contributed by atoms with E-state index in [2.05, 4.69) is 13.8 Å². The van der Waals surface area contributed by atoms with Crippen molar-refractivity contribution in [2.24, 2.45) is 0 Å². The fourth-order valence-corrected chi connectivity index (χ4v) is 6.52. The molecule has 0 heterocycles. The predicted octanol–water partition coefficient (Wildman–Crippen LogP) is 14.9. The van der Waals surface area contributed by atoms with Crippen molar-refractivity contribution in [3.63, 3.8) is 0 Å². The van der Waals surface area contributed by atoms with Crippen molar-refractivity contribution in [3.05, 3.63) is 0 Å². The molecule has 0 bridgehead atoms. The van der Waals surface area contributed by atoms with E-state index in [-0.39, 0.29) is 0 Å². The first kappa shape index (κ1) is 44.9. The van der Waals surface area contributed by atoms with E-state index in [4.69, 9.17) is 9.78 Å². The Labute approximate surface area is 288 Å². The molecule has 0 aliphatic carbocycles.